The van der Waals surface area contributed by atoms with E-state index in [0.717, 1.165) is 32.7 Å². The highest BCUT2D eigenvalue weighted by Gasteiger charge is 2.08. The average Bonchev–Trinajstić information content (AvgIpc) is 2.72. The van der Waals surface area contributed by atoms with Crippen LogP contribution in [0.4, 0.5) is 5.69 Å². The van der Waals surface area contributed by atoms with Gasteiger partial charge < -0.3 is 9.47 Å². The van der Waals surface area contributed by atoms with Crippen molar-refractivity contribution in [1.82, 2.24) is 0 Å². The molecule has 3 rings (SSSR count). The molecule has 3 nitrogen and oxygen atoms in total. The average molecular weight is 390 g/mol. The van der Waals surface area contributed by atoms with Crippen LogP contribution in [0, 0.1) is 6.92 Å². The first-order valence-electron chi connectivity index (χ1n) is 9.00. The Hall–Kier alpha value is -2.98. The summed E-state index contributed by atoms with van der Waals surface area (Å²) in [6.07, 6.45) is 1.74. The lowest BCUT2D eigenvalue weighted by Gasteiger charge is -2.09. The molecule has 3 aromatic rings. The molecule has 0 aliphatic carbocycles. The van der Waals surface area contributed by atoms with E-state index in [4.69, 9.17) is 14.5 Å². The van der Waals surface area contributed by atoms with E-state index in [1.807, 2.05) is 61.5 Å². The van der Waals surface area contributed by atoms with Gasteiger partial charge in [0.1, 0.15) is 16.5 Å². The number of hydrogen-bond donors (Lipinski definition) is 0. The van der Waals surface area contributed by atoms with Crippen molar-refractivity contribution in [2.75, 3.05) is 7.11 Å². The smallest absolute Gasteiger partial charge is 0.130 e. The van der Waals surface area contributed by atoms with Crippen molar-refractivity contribution in [3.8, 4) is 11.5 Å². The lowest BCUT2D eigenvalue weighted by atomic mass is 10.2. The standard InChI is InChI=1S/C24H23NO2S/c1-18-9-7-14-23(15-18)28-24(25-20-10-5-4-6-11-20)19(2)17-27-22-13-8-12-21(16-22)26-3/h4-17H,1-3H3. The topological polar surface area (TPSA) is 30.8 Å². The molecule has 0 atom stereocenters. The van der Waals surface area contributed by atoms with Crippen LogP contribution >= 0.6 is 11.8 Å². The number of ether oxygens (including phenoxy) is 2. The van der Waals surface area contributed by atoms with Crippen LogP contribution in [0.2, 0.25) is 0 Å². The monoisotopic (exact) mass is 389 g/mol. The van der Waals surface area contributed by atoms with Crippen LogP contribution in [0.5, 0.6) is 11.5 Å². The summed E-state index contributed by atoms with van der Waals surface area (Å²) >= 11 is 1.63. The molecule has 0 aliphatic heterocycles. The zero-order valence-electron chi connectivity index (χ0n) is 16.3. The van der Waals surface area contributed by atoms with Gasteiger partial charge in [0.15, 0.2) is 0 Å². The quantitative estimate of drug-likeness (QED) is 0.201. The second-order valence-corrected chi connectivity index (χ2v) is 7.33. The first kappa shape index (κ1) is 19.8. The first-order valence-corrected chi connectivity index (χ1v) is 9.82. The molecule has 3 aromatic carbocycles. The number of methoxy groups -OCH3 is 1. The minimum absolute atomic E-state index is 0.721. The van der Waals surface area contributed by atoms with Gasteiger partial charge in [-0.2, -0.15) is 0 Å². The Morgan fingerprint density at radius 2 is 1.64 bits per heavy atom. The van der Waals surface area contributed by atoms with Crippen LogP contribution < -0.4 is 9.47 Å². The van der Waals surface area contributed by atoms with Gasteiger partial charge in [0.2, 0.25) is 0 Å². The third kappa shape index (κ3) is 5.76. The largest absolute Gasteiger partial charge is 0.497 e. The van der Waals surface area contributed by atoms with Gasteiger partial charge in [-0.15, -0.1) is 0 Å². The summed E-state index contributed by atoms with van der Waals surface area (Å²) in [7, 11) is 1.64. The number of nitrogens with zero attached hydrogens (tertiary/aromatic N) is 1. The van der Waals surface area contributed by atoms with E-state index < -0.39 is 0 Å². The summed E-state index contributed by atoms with van der Waals surface area (Å²) in [4.78, 5) is 5.98. The molecule has 142 valence electrons. The van der Waals surface area contributed by atoms with Crippen molar-refractivity contribution in [2.45, 2.75) is 18.7 Å². The van der Waals surface area contributed by atoms with E-state index in [-0.39, 0.29) is 0 Å². The molecule has 0 aliphatic rings. The molecular formula is C24H23NO2S. The normalized spacial score (nSPS) is 12.0. The summed E-state index contributed by atoms with van der Waals surface area (Å²) in [5.41, 5.74) is 3.07. The summed E-state index contributed by atoms with van der Waals surface area (Å²) in [6.45, 7) is 4.09. The fraction of sp³-hybridized carbons (Fsp3) is 0.125. The predicted molar refractivity (Wildman–Crippen MR) is 118 cm³/mol. The maximum Gasteiger partial charge on any atom is 0.130 e. The highest BCUT2D eigenvalue weighted by molar-refractivity contribution is 8.14. The minimum atomic E-state index is 0.721. The van der Waals surface area contributed by atoms with E-state index in [2.05, 4.69) is 31.2 Å². The van der Waals surface area contributed by atoms with E-state index in [9.17, 15) is 0 Å². The van der Waals surface area contributed by atoms with E-state index in [0.29, 0.717) is 0 Å². The molecule has 0 radical (unpaired) electrons. The molecule has 0 N–H and O–H groups in total. The Balaban J connectivity index is 1.87. The summed E-state index contributed by atoms with van der Waals surface area (Å²) in [6, 6.07) is 25.9. The molecule has 0 unspecified atom stereocenters. The van der Waals surface area contributed by atoms with Crippen LogP contribution in [-0.4, -0.2) is 12.2 Å². The molecule has 0 saturated heterocycles. The second-order valence-electron chi connectivity index (χ2n) is 6.27. The van der Waals surface area contributed by atoms with Crippen LogP contribution in [0.1, 0.15) is 12.5 Å². The Bertz CT molecular complexity index is 981. The van der Waals surface area contributed by atoms with Gasteiger partial charge in [-0.05, 0) is 50.2 Å². The number of rotatable bonds is 6. The number of aliphatic imine (C=N–C) groups is 1. The van der Waals surface area contributed by atoms with E-state index in [1.54, 1.807) is 25.1 Å². The Morgan fingerprint density at radius 3 is 2.39 bits per heavy atom. The summed E-state index contributed by atoms with van der Waals surface area (Å²) < 4.78 is 11.1. The Morgan fingerprint density at radius 1 is 0.893 bits per heavy atom. The van der Waals surface area contributed by atoms with Gasteiger partial charge in [0.25, 0.3) is 0 Å². The number of benzene rings is 3. The van der Waals surface area contributed by atoms with Gasteiger partial charge in [-0.3, -0.25) is 0 Å². The zero-order chi connectivity index (χ0) is 19.8. The highest BCUT2D eigenvalue weighted by Crippen LogP contribution is 2.27. The fourth-order valence-electron chi connectivity index (χ4n) is 2.48. The summed E-state index contributed by atoms with van der Waals surface area (Å²) in [5, 5.41) is 0.889. The molecule has 0 heterocycles. The molecule has 0 saturated carbocycles. The highest BCUT2D eigenvalue weighted by atomic mass is 32.2. The van der Waals surface area contributed by atoms with Crippen molar-refractivity contribution in [3.05, 3.63) is 96.3 Å². The molecule has 0 aromatic heterocycles. The predicted octanol–water partition coefficient (Wildman–Crippen LogP) is 6.81. The molecular weight excluding hydrogens is 366 g/mol. The maximum absolute atomic E-state index is 5.85. The molecule has 0 amide bonds. The molecule has 4 heteroatoms. The third-order valence-electron chi connectivity index (χ3n) is 3.94. The Labute approximate surface area is 170 Å². The molecule has 0 fully saturated rings. The number of para-hydroxylation sites is 1. The third-order valence-corrected chi connectivity index (χ3v) is 5.04. The van der Waals surface area contributed by atoms with Crippen LogP contribution in [0.25, 0.3) is 0 Å². The van der Waals surface area contributed by atoms with Gasteiger partial charge in [0, 0.05) is 16.5 Å². The molecule has 0 bridgehead atoms. The minimum Gasteiger partial charge on any atom is -0.497 e. The van der Waals surface area contributed by atoms with Crippen LogP contribution in [0.3, 0.4) is 0 Å². The number of thioether (sulfide) groups is 1. The van der Waals surface area contributed by atoms with Crippen molar-refractivity contribution in [1.29, 1.82) is 0 Å². The van der Waals surface area contributed by atoms with Crippen molar-refractivity contribution >= 4 is 22.5 Å². The fourth-order valence-corrected chi connectivity index (χ4v) is 3.46. The Kier molecular flexibility index (Phi) is 6.93. The number of hydrogen-bond acceptors (Lipinski definition) is 4. The van der Waals surface area contributed by atoms with Gasteiger partial charge >= 0.3 is 0 Å². The zero-order valence-corrected chi connectivity index (χ0v) is 17.1. The second kappa shape index (κ2) is 9.81. The maximum atomic E-state index is 5.85. The van der Waals surface area contributed by atoms with Crippen molar-refractivity contribution < 1.29 is 9.47 Å². The van der Waals surface area contributed by atoms with E-state index in [1.165, 1.54) is 5.56 Å². The summed E-state index contributed by atoms with van der Waals surface area (Å²) in [5.74, 6) is 1.48. The van der Waals surface area contributed by atoms with Gasteiger partial charge in [-0.1, -0.05) is 53.7 Å². The van der Waals surface area contributed by atoms with Crippen molar-refractivity contribution in [2.24, 2.45) is 4.99 Å². The molecule has 28 heavy (non-hydrogen) atoms. The lowest BCUT2D eigenvalue weighted by molar-refractivity contribution is 0.408. The van der Waals surface area contributed by atoms with Gasteiger partial charge in [-0.25, -0.2) is 4.99 Å². The molecule has 0 spiro atoms. The van der Waals surface area contributed by atoms with Crippen LogP contribution in [0.15, 0.2) is 101 Å². The lowest BCUT2D eigenvalue weighted by Crippen LogP contribution is -1.97. The van der Waals surface area contributed by atoms with Crippen LogP contribution in [-0.2, 0) is 0 Å². The first-order chi connectivity index (χ1) is 13.6. The number of aryl methyl sites for hydroxylation is 1. The van der Waals surface area contributed by atoms with Gasteiger partial charge in [0.05, 0.1) is 19.1 Å². The van der Waals surface area contributed by atoms with Crippen molar-refractivity contribution in [3.63, 3.8) is 0 Å². The van der Waals surface area contributed by atoms with E-state index >= 15 is 0 Å². The SMILES string of the molecule is COc1cccc(OC=C(C)C(=Nc2ccccc2)Sc2cccc(C)c2)c1.